The number of thiazole rings is 1. The van der Waals surface area contributed by atoms with Crippen molar-refractivity contribution in [1.29, 1.82) is 0 Å². The third-order valence-corrected chi connectivity index (χ3v) is 3.88. The van der Waals surface area contributed by atoms with Crippen LogP contribution in [0.4, 0.5) is 5.82 Å². The summed E-state index contributed by atoms with van der Waals surface area (Å²) in [6.45, 7) is 1.51. The molecule has 0 fully saturated rings. The second-order valence-corrected chi connectivity index (χ2v) is 5.19. The molecule has 0 radical (unpaired) electrons. The van der Waals surface area contributed by atoms with Gasteiger partial charge in [0, 0.05) is 19.0 Å². The summed E-state index contributed by atoms with van der Waals surface area (Å²) in [5, 5.41) is 4.27. The Morgan fingerprint density at radius 2 is 2.28 bits per heavy atom. The largest absolute Gasteiger partial charge is 0.497 e. The van der Waals surface area contributed by atoms with Gasteiger partial charge in [-0.1, -0.05) is 6.07 Å². The third-order valence-electron chi connectivity index (χ3n) is 2.79. The van der Waals surface area contributed by atoms with Crippen LogP contribution in [-0.2, 0) is 13.0 Å². The average Bonchev–Trinajstić information content (AvgIpc) is 2.97. The fourth-order valence-electron chi connectivity index (χ4n) is 1.90. The van der Waals surface area contributed by atoms with Gasteiger partial charge in [0.2, 0.25) is 0 Å². The maximum Gasteiger partial charge on any atom is 0.140 e. The van der Waals surface area contributed by atoms with Crippen molar-refractivity contribution in [2.24, 2.45) is 0 Å². The van der Waals surface area contributed by atoms with Gasteiger partial charge in [-0.25, -0.2) is 4.98 Å². The normalized spacial score (nSPS) is 12.9. The standard InChI is InChI=1S/C13H14N2O2S/c1-16-9-3-2-4-10(7-9)17-8-12-15-13-11(18-12)5-6-14-13/h2-4,7,14H,5-6,8H2,1H3. The van der Waals surface area contributed by atoms with Gasteiger partial charge >= 0.3 is 0 Å². The van der Waals surface area contributed by atoms with Crippen LogP contribution in [0.3, 0.4) is 0 Å². The number of nitrogens with zero attached hydrogens (tertiary/aromatic N) is 1. The molecule has 0 amide bonds. The van der Waals surface area contributed by atoms with Gasteiger partial charge in [0.05, 0.1) is 12.0 Å². The van der Waals surface area contributed by atoms with Gasteiger partial charge in [0.1, 0.15) is 28.9 Å². The molecule has 0 aliphatic carbocycles. The van der Waals surface area contributed by atoms with Gasteiger partial charge < -0.3 is 14.8 Å². The van der Waals surface area contributed by atoms with E-state index in [0.29, 0.717) is 6.61 Å². The highest BCUT2D eigenvalue weighted by Gasteiger charge is 2.16. The van der Waals surface area contributed by atoms with Crippen molar-refractivity contribution in [1.82, 2.24) is 4.98 Å². The lowest BCUT2D eigenvalue weighted by Gasteiger charge is -2.05. The number of rotatable bonds is 4. The Morgan fingerprint density at radius 3 is 3.11 bits per heavy atom. The number of fused-ring (bicyclic) bond motifs is 1. The van der Waals surface area contributed by atoms with E-state index in [1.165, 1.54) is 4.88 Å². The first kappa shape index (κ1) is 11.3. The summed E-state index contributed by atoms with van der Waals surface area (Å²) in [4.78, 5) is 5.83. The van der Waals surface area contributed by atoms with Crippen molar-refractivity contribution in [3.05, 3.63) is 34.2 Å². The molecule has 1 aromatic carbocycles. The predicted molar refractivity (Wildman–Crippen MR) is 71.6 cm³/mol. The van der Waals surface area contributed by atoms with Gasteiger partial charge in [-0.2, -0.15) is 0 Å². The van der Waals surface area contributed by atoms with Crippen molar-refractivity contribution in [2.75, 3.05) is 19.0 Å². The summed E-state index contributed by atoms with van der Waals surface area (Å²) in [6, 6.07) is 7.61. The minimum atomic E-state index is 0.506. The van der Waals surface area contributed by atoms with Crippen LogP contribution in [0.2, 0.25) is 0 Å². The van der Waals surface area contributed by atoms with Crippen LogP contribution in [-0.4, -0.2) is 18.6 Å². The second-order valence-electron chi connectivity index (χ2n) is 4.02. The van der Waals surface area contributed by atoms with Gasteiger partial charge in [-0.3, -0.25) is 0 Å². The molecule has 1 aromatic heterocycles. The Hall–Kier alpha value is -1.75. The lowest BCUT2D eigenvalue weighted by molar-refractivity contribution is 0.303. The number of ether oxygens (including phenoxy) is 2. The Bertz CT molecular complexity index is 532. The van der Waals surface area contributed by atoms with E-state index in [9.17, 15) is 0 Å². The fourth-order valence-corrected chi connectivity index (χ4v) is 2.86. The summed E-state index contributed by atoms with van der Waals surface area (Å²) in [5.74, 6) is 2.64. The lowest BCUT2D eigenvalue weighted by atomic mass is 10.3. The summed E-state index contributed by atoms with van der Waals surface area (Å²) in [7, 11) is 1.65. The summed E-state index contributed by atoms with van der Waals surface area (Å²) in [5.41, 5.74) is 0. The summed E-state index contributed by atoms with van der Waals surface area (Å²) >= 11 is 1.72. The van der Waals surface area contributed by atoms with Crippen molar-refractivity contribution < 1.29 is 9.47 Å². The predicted octanol–water partition coefficient (Wildman–Crippen LogP) is 2.70. The lowest BCUT2D eigenvalue weighted by Crippen LogP contribution is -1.98. The Balaban J connectivity index is 1.66. The monoisotopic (exact) mass is 262 g/mol. The van der Waals surface area contributed by atoms with Crippen molar-refractivity contribution in [3.63, 3.8) is 0 Å². The Labute approximate surface area is 110 Å². The molecule has 0 saturated carbocycles. The number of hydrogen-bond acceptors (Lipinski definition) is 5. The molecular formula is C13H14N2O2S. The molecular weight excluding hydrogens is 248 g/mol. The molecule has 94 valence electrons. The second kappa shape index (κ2) is 4.86. The number of anilines is 1. The first-order valence-corrected chi connectivity index (χ1v) is 6.66. The Kier molecular flexibility index (Phi) is 3.06. The van der Waals surface area contributed by atoms with Gasteiger partial charge in [0.25, 0.3) is 0 Å². The quantitative estimate of drug-likeness (QED) is 0.920. The van der Waals surface area contributed by atoms with E-state index in [-0.39, 0.29) is 0 Å². The van der Waals surface area contributed by atoms with E-state index in [1.807, 2.05) is 24.3 Å². The van der Waals surface area contributed by atoms with Crippen molar-refractivity contribution in [3.8, 4) is 11.5 Å². The molecule has 2 aromatic rings. The highest BCUT2D eigenvalue weighted by Crippen LogP contribution is 2.28. The first-order valence-electron chi connectivity index (χ1n) is 5.84. The van der Waals surface area contributed by atoms with E-state index in [1.54, 1.807) is 18.4 Å². The van der Waals surface area contributed by atoms with E-state index in [4.69, 9.17) is 9.47 Å². The van der Waals surface area contributed by atoms with Gasteiger partial charge in [-0.15, -0.1) is 11.3 Å². The zero-order chi connectivity index (χ0) is 12.4. The van der Waals surface area contributed by atoms with Crippen LogP contribution in [0, 0.1) is 0 Å². The molecule has 0 bridgehead atoms. The van der Waals surface area contributed by atoms with Crippen LogP contribution in [0.1, 0.15) is 9.88 Å². The minimum absolute atomic E-state index is 0.506. The number of benzene rings is 1. The summed E-state index contributed by atoms with van der Waals surface area (Å²) in [6.07, 6.45) is 1.08. The topological polar surface area (TPSA) is 43.4 Å². The van der Waals surface area contributed by atoms with Crippen LogP contribution in [0.15, 0.2) is 24.3 Å². The van der Waals surface area contributed by atoms with E-state index in [0.717, 1.165) is 35.3 Å². The molecule has 1 N–H and O–H groups in total. The minimum Gasteiger partial charge on any atom is -0.497 e. The molecule has 2 heterocycles. The maximum absolute atomic E-state index is 5.71. The molecule has 0 saturated heterocycles. The molecule has 0 spiro atoms. The number of nitrogens with one attached hydrogen (secondary N) is 1. The molecule has 5 heteroatoms. The van der Waals surface area contributed by atoms with E-state index < -0.39 is 0 Å². The van der Waals surface area contributed by atoms with Crippen LogP contribution >= 0.6 is 11.3 Å². The van der Waals surface area contributed by atoms with Crippen LogP contribution in [0.5, 0.6) is 11.5 Å². The zero-order valence-electron chi connectivity index (χ0n) is 10.1. The Morgan fingerprint density at radius 1 is 1.39 bits per heavy atom. The molecule has 0 unspecified atom stereocenters. The van der Waals surface area contributed by atoms with Crippen molar-refractivity contribution in [2.45, 2.75) is 13.0 Å². The smallest absolute Gasteiger partial charge is 0.140 e. The highest BCUT2D eigenvalue weighted by atomic mass is 32.1. The number of methoxy groups -OCH3 is 1. The fraction of sp³-hybridized carbons (Fsp3) is 0.308. The van der Waals surface area contributed by atoms with Gasteiger partial charge in [0.15, 0.2) is 0 Å². The van der Waals surface area contributed by atoms with Crippen molar-refractivity contribution >= 4 is 17.2 Å². The molecule has 1 aliphatic rings. The third kappa shape index (κ3) is 2.26. The van der Waals surface area contributed by atoms with E-state index >= 15 is 0 Å². The molecule has 3 rings (SSSR count). The van der Waals surface area contributed by atoms with E-state index in [2.05, 4.69) is 10.3 Å². The highest BCUT2D eigenvalue weighted by molar-refractivity contribution is 7.12. The van der Waals surface area contributed by atoms with Crippen LogP contribution in [0.25, 0.3) is 0 Å². The number of aromatic nitrogens is 1. The zero-order valence-corrected chi connectivity index (χ0v) is 10.9. The molecule has 1 aliphatic heterocycles. The average molecular weight is 262 g/mol. The number of hydrogen-bond donors (Lipinski definition) is 1. The SMILES string of the molecule is COc1cccc(OCc2nc3c(s2)CCN3)c1. The molecule has 4 nitrogen and oxygen atoms in total. The molecule has 0 atom stereocenters. The first-order chi connectivity index (χ1) is 8.85. The van der Waals surface area contributed by atoms with Gasteiger partial charge in [-0.05, 0) is 12.1 Å². The van der Waals surface area contributed by atoms with Crippen LogP contribution < -0.4 is 14.8 Å². The maximum atomic E-state index is 5.71. The molecule has 18 heavy (non-hydrogen) atoms. The summed E-state index contributed by atoms with van der Waals surface area (Å²) < 4.78 is 10.9.